The van der Waals surface area contributed by atoms with E-state index in [2.05, 4.69) is 15.3 Å². The van der Waals surface area contributed by atoms with Gasteiger partial charge in [-0.2, -0.15) is 0 Å². The van der Waals surface area contributed by atoms with Crippen LogP contribution >= 0.6 is 22.7 Å². The number of nitrogens with zero attached hydrogens (tertiary/aromatic N) is 2. The highest BCUT2D eigenvalue weighted by Crippen LogP contribution is 2.23. The number of thiazole rings is 2. The van der Waals surface area contributed by atoms with Gasteiger partial charge >= 0.3 is 0 Å². The van der Waals surface area contributed by atoms with Crippen LogP contribution in [0.1, 0.15) is 31.6 Å². The van der Waals surface area contributed by atoms with E-state index in [0.29, 0.717) is 22.3 Å². The van der Waals surface area contributed by atoms with Crippen LogP contribution in [0.3, 0.4) is 0 Å². The molecule has 0 fully saturated rings. The zero-order valence-electron chi connectivity index (χ0n) is 13.6. The molecule has 1 amide bonds. The Morgan fingerprint density at radius 2 is 1.92 bits per heavy atom. The number of aromatic nitrogens is 2. The summed E-state index contributed by atoms with van der Waals surface area (Å²) >= 11 is 2.76. The van der Waals surface area contributed by atoms with E-state index < -0.39 is 0 Å². The molecule has 0 atom stereocenters. The highest BCUT2D eigenvalue weighted by atomic mass is 32.1. The van der Waals surface area contributed by atoms with Crippen molar-refractivity contribution in [3.63, 3.8) is 0 Å². The van der Waals surface area contributed by atoms with Crippen molar-refractivity contribution in [2.45, 2.75) is 27.4 Å². The van der Waals surface area contributed by atoms with Crippen molar-refractivity contribution in [3.05, 3.63) is 56.5 Å². The highest BCUT2D eigenvalue weighted by Gasteiger charge is 2.16. The molecule has 2 heterocycles. The number of rotatable bonds is 5. The number of carbonyl (C=O) groups is 1. The molecule has 0 aliphatic heterocycles. The van der Waals surface area contributed by atoms with Crippen LogP contribution in [0.2, 0.25) is 0 Å². The molecule has 0 saturated carbocycles. The summed E-state index contributed by atoms with van der Waals surface area (Å²) in [5.74, 6) is 0.610. The number of ether oxygens (including phenoxy) is 1. The van der Waals surface area contributed by atoms with Crippen LogP contribution in [0, 0.1) is 20.8 Å². The molecule has 3 rings (SSSR count). The molecule has 3 aromatic rings. The first-order valence-corrected chi connectivity index (χ1v) is 9.10. The molecule has 0 spiro atoms. The van der Waals surface area contributed by atoms with E-state index in [1.54, 1.807) is 0 Å². The molecule has 0 aliphatic carbocycles. The number of benzene rings is 1. The van der Waals surface area contributed by atoms with Gasteiger partial charge in [-0.1, -0.05) is 17.7 Å². The molecule has 2 aromatic heterocycles. The molecule has 0 unspecified atom stereocenters. The first kappa shape index (κ1) is 16.6. The number of hydrogen-bond acceptors (Lipinski definition) is 6. The monoisotopic (exact) mass is 359 g/mol. The lowest BCUT2D eigenvalue weighted by Gasteiger charge is -2.03. The Kier molecular flexibility index (Phi) is 4.92. The highest BCUT2D eigenvalue weighted by molar-refractivity contribution is 7.15. The van der Waals surface area contributed by atoms with Gasteiger partial charge in [0.1, 0.15) is 22.2 Å². The fraction of sp³-hybridized carbons (Fsp3) is 0.235. The maximum Gasteiger partial charge on any atom is 0.269 e. The van der Waals surface area contributed by atoms with Gasteiger partial charge in [0.2, 0.25) is 0 Å². The predicted molar refractivity (Wildman–Crippen MR) is 97.2 cm³/mol. The fourth-order valence-electron chi connectivity index (χ4n) is 2.07. The van der Waals surface area contributed by atoms with E-state index in [1.165, 1.54) is 28.2 Å². The Balaban J connectivity index is 1.65. The Bertz CT molecular complexity index is 853. The minimum atomic E-state index is -0.180. The molecule has 1 aromatic carbocycles. The van der Waals surface area contributed by atoms with Crippen molar-refractivity contribution in [1.29, 1.82) is 0 Å². The first-order valence-electron chi connectivity index (χ1n) is 7.40. The molecule has 0 radical (unpaired) electrons. The second-order valence-electron chi connectivity index (χ2n) is 5.37. The van der Waals surface area contributed by atoms with Crippen molar-refractivity contribution in [3.8, 4) is 5.75 Å². The number of amides is 1. The van der Waals surface area contributed by atoms with Crippen LogP contribution in [0.5, 0.6) is 5.75 Å². The van der Waals surface area contributed by atoms with E-state index in [1.807, 2.05) is 50.4 Å². The molecule has 0 bridgehead atoms. The molecule has 7 heteroatoms. The smallest absolute Gasteiger partial charge is 0.269 e. The van der Waals surface area contributed by atoms with Gasteiger partial charge < -0.3 is 4.74 Å². The maximum atomic E-state index is 12.4. The van der Waals surface area contributed by atoms with Gasteiger partial charge in [-0.05, 0) is 32.9 Å². The number of nitrogens with one attached hydrogen (secondary N) is 1. The van der Waals surface area contributed by atoms with E-state index in [0.717, 1.165) is 16.5 Å². The quantitative estimate of drug-likeness (QED) is 0.735. The van der Waals surface area contributed by atoms with Gasteiger partial charge in [-0.3, -0.25) is 10.1 Å². The largest absolute Gasteiger partial charge is 0.486 e. The molecule has 5 nitrogen and oxygen atoms in total. The summed E-state index contributed by atoms with van der Waals surface area (Å²) in [5.41, 5.74) is 2.78. The second kappa shape index (κ2) is 7.11. The van der Waals surface area contributed by atoms with E-state index in [4.69, 9.17) is 4.74 Å². The third kappa shape index (κ3) is 3.98. The van der Waals surface area contributed by atoms with Crippen molar-refractivity contribution in [1.82, 2.24) is 9.97 Å². The molecule has 1 N–H and O–H groups in total. The van der Waals surface area contributed by atoms with Crippen LogP contribution < -0.4 is 10.1 Å². The van der Waals surface area contributed by atoms with Gasteiger partial charge in [-0.15, -0.1) is 22.7 Å². The zero-order valence-corrected chi connectivity index (χ0v) is 15.3. The second-order valence-corrected chi connectivity index (χ2v) is 7.31. The van der Waals surface area contributed by atoms with E-state index in [9.17, 15) is 4.79 Å². The summed E-state index contributed by atoms with van der Waals surface area (Å²) in [4.78, 5) is 21.6. The van der Waals surface area contributed by atoms with Crippen LogP contribution in [-0.4, -0.2) is 15.9 Å². The van der Waals surface area contributed by atoms with E-state index >= 15 is 0 Å². The Labute approximate surface area is 148 Å². The Morgan fingerprint density at radius 3 is 2.58 bits per heavy atom. The third-order valence-electron chi connectivity index (χ3n) is 3.27. The predicted octanol–water partition coefficient (Wildman–Crippen LogP) is 4.36. The normalized spacial score (nSPS) is 10.6. The average Bonchev–Trinajstić information content (AvgIpc) is 3.12. The first-order chi connectivity index (χ1) is 11.5. The molecule has 24 heavy (non-hydrogen) atoms. The van der Waals surface area contributed by atoms with Crippen molar-refractivity contribution < 1.29 is 9.53 Å². The minimum Gasteiger partial charge on any atom is -0.486 e. The van der Waals surface area contributed by atoms with Crippen LogP contribution in [-0.2, 0) is 6.61 Å². The molecular weight excluding hydrogens is 342 g/mol. The summed E-state index contributed by atoms with van der Waals surface area (Å²) in [6.45, 7) is 6.10. The maximum absolute atomic E-state index is 12.4. The van der Waals surface area contributed by atoms with Crippen LogP contribution in [0.15, 0.2) is 29.6 Å². The SMILES string of the molecule is Cc1ccc(OCc2nc(C)c(C(=O)Nc3nc(C)cs3)s2)cc1. The van der Waals surface area contributed by atoms with Crippen LogP contribution in [0.25, 0.3) is 0 Å². The summed E-state index contributed by atoms with van der Waals surface area (Å²) < 4.78 is 5.72. The summed E-state index contributed by atoms with van der Waals surface area (Å²) in [7, 11) is 0. The number of carbonyl (C=O) groups excluding carboxylic acids is 1. The fourth-order valence-corrected chi connectivity index (χ4v) is 3.63. The standard InChI is InChI=1S/C17H17N3O2S2/c1-10-4-6-13(7-5-10)22-8-14-19-12(3)15(24-14)16(21)20-17-18-11(2)9-23-17/h4-7,9H,8H2,1-3H3,(H,18,20,21). The van der Waals surface area contributed by atoms with Gasteiger partial charge in [0.15, 0.2) is 5.13 Å². The lowest BCUT2D eigenvalue weighted by atomic mass is 10.2. The Morgan fingerprint density at radius 1 is 1.17 bits per heavy atom. The summed E-state index contributed by atoms with van der Waals surface area (Å²) in [6, 6.07) is 7.84. The van der Waals surface area contributed by atoms with Crippen molar-refractivity contribution >= 4 is 33.7 Å². The van der Waals surface area contributed by atoms with Gasteiger partial charge in [0.05, 0.1) is 11.4 Å². The van der Waals surface area contributed by atoms with Crippen molar-refractivity contribution in [2.75, 3.05) is 5.32 Å². The van der Waals surface area contributed by atoms with E-state index in [-0.39, 0.29) is 5.91 Å². The molecule has 124 valence electrons. The molecule has 0 saturated heterocycles. The van der Waals surface area contributed by atoms with Gasteiger partial charge in [0.25, 0.3) is 5.91 Å². The Hall–Kier alpha value is -2.25. The minimum absolute atomic E-state index is 0.180. The van der Waals surface area contributed by atoms with Crippen LogP contribution in [0.4, 0.5) is 5.13 Å². The summed E-state index contributed by atoms with van der Waals surface area (Å²) in [6.07, 6.45) is 0. The topological polar surface area (TPSA) is 64.1 Å². The molecular formula is C17H17N3O2S2. The zero-order chi connectivity index (χ0) is 17.1. The lowest BCUT2D eigenvalue weighted by molar-refractivity contribution is 0.103. The number of aryl methyl sites for hydroxylation is 3. The van der Waals surface area contributed by atoms with Gasteiger partial charge in [0, 0.05) is 5.38 Å². The summed E-state index contributed by atoms with van der Waals surface area (Å²) in [5, 5.41) is 6.08. The third-order valence-corrected chi connectivity index (χ3v) is 5.28. The van der Waals surface area contributed by atoms with Crippen molar-refractivity contribution in [2.24, 2.45) is 0 Å². The van der Waals surface area contributed by atoms with Gasteiger partial charge in [-0.25, -0.2) is 9.97 Å². The number of anilines is 1. The molecule has 0 aliphatic rings. The average molecular weight is 359 g/mol. The number of hydrogen-bond donors (Lipinski definition) is 1. The lowest BCUT2D eigenvalue weighted by Crippen LogP contribution is -2.11.